The van der Waals surface area contributed by atoms with Crippen LogP contribution in [-0.2, 0) is 6.42 Å². The second kappa shape index (κ2) is 6.27. The molecule has 0 aliphatic rings. The Balaban J connectivity index is 2.25. The van der Waals surface area contributed by atoms with E-state index in [9.17, 15) is 0 Å². The van der Waals surface area contributed by atoms with Crippen molar-refractivity contribution < 1.29 is 0 Å². The molecule has 0 amide bonds. The largest absolute Gasteiger partial charge is 0.324 e. The van der Waals surface area contributed by atoms with Crippen LogP contribution in [0.15, 0.2) is 40.9 Å². The van der Waals surface area contributed by atoms with Crippen molar-refractivity contribution >= 4 is 39.1 Å². The van der Waals surface area contributed by atoms with Gasteiger partial charge in [-0.15, -0.1) is 0 Å². The van der Waals surface area contributed by atoms with Gasteiger partial charge in [-0.3, -0.25) is 0 Å². The fraction of sp³-hybridized carbons (Fsp3) is 0.200. The first-order valence-corrected chi connectivity index (χ1v) is 7.48. The Hall–Kier alpha value is -0.540. The molecule has 100 valence electrons. The molecule has 0 radical (unpaired) electrons. The molecule has 0 spiro atoms. The van der Waals surface area contributed by atoms with Crippen molar-refractivity contribution in [1.29, 1.82) is 0 Å². The van der Waals surface area contributed by atoms with E-state index in [1.54, 1.807) is 0 Å². The van der Waals surface area contributed by atoms with E-state index in [1.165, 1.54) is 0 Å². The molecule has 1 atom stereocenters. The summed E-state index contributed by atoms with van der Waals surface area (Å²) in [6, 6.07) is 11.5. The molecule has 0 saturated heterocycles. The Bertz CT molecular complexity index is 599. The SMILES string of the molecule is Cc1c(Cl)cccc1C(N)Cc1ccc(Br)cc1Cl. The number of hydrogen-bond acceptors (Lipinski definition) is 1. The third-order valence-corrected chi connectivity index (χ3v) is 4.42. The standard InChI is InChI=1S/C15H14BrCl2N/c1-9-12(3-2-4-13(9)17)15(19)7-10-5-6-11(16)8-14(10)18/h2-6,8,15H,7,19H2,1H3. The summed E-state index contributed by atoms with van der Waals surface area (Å²) in [7, 11) is 0. The van der Waals surface area contributed by atoms with Crippen LogP contribution in [0.4, 0.5) is 0 Å². The van der Waals surface area contributed by atoms with Crippen LogP contribution in [0.5, 0.6) is 0 Å². The molecule has 2 rings (SSSR count). The van der Waals surface area contributed by atoms with E-state index in [4.69, 9.17) is 28.9 Å². The van der Waals surface area contributed by atoms with E-state index in [0.29, 0.717) is 6.42 Å². The highest BCUT2D eigenvalue weighted by molar-refractivity contribution is 9.10. The number of hydrogen-bond donors (Lipinski definition) is 1. The van der Waals surface area contributed by atoms with Gasteiger partial charge in [-0.05, 0) is 48.2 Å². The van der Waals surface area contributed by atoms with Crippen LogP contribution in [0.25, 0.3) is 0 Å². The molecular weight excluding hydrogens is 345 g/mol. The van der Waals surface area contributed by atoms with Gasteiger partial charge >= 0.3 is 0 Å². The van der Waals surface area contributed by atoms with E-state index < -0.39 is 0 Å². The molecule has 19 heavy (non-hydrogen) atoms. The summed E-state index contributed by atoms with van der Waals surface area (Å²) in [6.45, 7) is 1.99. The lowest BCUT2D eigenvalue weighted by molar-refractivity contribution is 0.717. The summed E-state index contributed by atoms with van der Waals surface area (Å²) >= 11 is 15.7. The highest BCUT2D eigenvalue weighted by Gasteiger charge is 2.13. The third-order valence-electron chi connectivity index (χ3n) is 3.16. The Morgan fingerprint density at radius 3 is 2.58 bits per heavy atom. The summed E-state index contributed by atoms with van der Waals surface area (Å²) in [5, 5.41) is 1.47. The maximum Gasteiger partial charge on any atom is 0.0449 e. The molecule has 2 N–H and O–H groups in total. The quantitative estimate of drug-likeness (QED) is 0.790. The fourth-order valence-corrected chi connectivity index (χ4v) is 2.99. The van der Waals surface area contributed by atoms with Gasteiger partial charge in [0.25, 0.3) is 0 Å². The van der Waals surface area contributed by atoms with Gasteiger partial charge in [0, 0.05) is 20.6 Å². The average molecular weight is 359 g/mol. The minimum Gasteiger partial charge on any atom is -0.324 e. The van der Waals surface area contributed by atoms with Crippen LogP contribution < -0.4 is 5.73 Å². The molecule has 0 aromatic heterocycles. The first-order chi connectivity index (χ1) is 8.99. The lowest BCUT2D eigenvalue weighted by Crippen LogP contribution is -2.15. The monoisotopic (exact) mass is 357 g/mol. The fourth-order valence-electron chi connectivity index (χ4n) is 2.06. The van der Waals surface area contributed by atoms with E-state index in [2.05, 4.69) is 15.9 Å². The van der Waals surface area contributed by atoms with Crippen LogP contribution in [-0.4, -0.2) is 0 Å². The molecular formula is C15H14BrCl2N. The van der Waals surface area contributed by atoms with Crippen molar-refractivity contribution in [2.24, 2.45) is 5.73 Å². The summed E-state index contributed by atoms with van der Waals surface area (Å²) in [4.78, 5) is 0. The summed E-state index contributed by atoms with van der Waals surface area (Å²) in [5.41, 5.74) is 9.41. The molecule has 0 saturated carbocycles. The van der Waals surface area contributed by atoms with Gasteiger partial charge < -0.3 is 5.73 Å². The number of halogens is 3. The number of rotatable bonds is 3. The first-order valence-electron chi connectivity index (χ1n) is 5.93. The highest BCUT2D eigenvalue weighted by Crippen LogP contribution is 2.28. The Morgan fingerprint density at radius 1 is 1.16 bits per heavy atom. The maximum absolute atomic E-state index is 6.27. The molecule has 2 aromatic rings. The predicted molar refractivity (Wildman–Crippen MR) is 86.0 cm³/mol. The molecule has 0 heterocycles. The number of benzene rings is 2. The zero-order chi connectivity index (χ0) is 14.0. The predicted octanol–water partition coefficient (Wildman–Crippen LogP) is 5.31. The molecule has 1 unspecified atom stereocenters. The zero-order valence-corrected chi connectivity index (χ0v) is 13.6. The van der Waals surface area contributed by atoms with Crippen molar-refractivity contribution in [2.45, 2.75) is 19.4 Å². The Labute approximate surface area is 131 Å². The van der Waals surface area contributed by atoms with E-state index in [-0.39, 0.29) is 6.04 Å². The lowest BCUT2D eigenvalue weighted by atomic mass is 9.96. The van der Waals surface area contributed by atoms with Crippen LogP contribution in [0.1, 0.15) is 22.7 Å². The van der Waals surface area contributed by atoms with Crippen molar-refractivity contribution in [1.82, 2.24) is 0 Å². The topological polar surface area (TPSA) is 26.0 Å². The summed E-state index contributed by atoms with van der Waals surface area (Å²) in [5.74, 6) is 0. The third kappa shape index (κ3) is 3.51. The van der Waals surface area contributed by atoms with Crippen molar-refractivity contribution in [3.05, 3.63) is 67.6 Å². The van der Waals surface area contributed by atoms with Crippen LogP contribution in [0.3, 0.4) is 0 Å². The zero-order valence-electron chi connectivity index (χ0n) is 10.5. The van der Waals surface area contributed by atoms with E-state index in [1.807, 2.05) is 43.3 Å². The lowest BCUT2D eigenvalue weighted by Gasteiger charge is -2.16. The van der Waals surface area contributed by atoms with Crippen LogP contribution >= 0.6 is 39.1 Å². The smallest absolute Gasteiger partial charge is 0.0449 e. The maximum atomic E-state index is 6.27. The number of nitrogens with two attached hydrogens (primary N) is 1. The van der Waals surface area contributed by atoms with Gasteiger partial charge in [-0.2, -0.15) is 0 Å². The molecule has 0 aliphatic carbocycles. The Kier molecular flexibility index (Phi) is 4.91. The molecule has 2 aromatic carbocycles. The molecule has 0 fully saturated rings. The molecule has 0 bridgehead atoms. The second-order valence-electron chi connectivity index (χ2n) is 4.50. The van der Waals surface area contributed by atoms with Crippen LogP contribution in [0.2, 0.25) is 10.0 Å². The average Bonchev–Trinajstić information content (AvgIpc) is 2.36. The van der Waals surface area contributed by atoms with Crippen molar-refractivity contribution in [2.75, 3.05) is 0 Å². The van der Waals surface area contributed by atoms with Gasteiger partial charge in [-0.25, -0.2) is 0 Å². The van der Waals surface area contributed by atoms with Gasteiger partial charge in [-0.1, -0.05) is 57.3 Å². The van der Waals surface area contributed by atoms with Crippen molar-refractivity contribution in [3.8, 4) is 0 Å². The Morgan fingerprint density at radius 2 is 1.89 bits per heavy atom. The van der Waals surface area contributed by atoms with Gasteiger partial charge in [0.15, 0.2) is 0 Å². The molecule has 1 nitrogen and oxygen atoms in total. The summed E-state index contributed by atoms with van der Waals surface area (Å²) in [6.07, 6.45) is 0.688. The normalized spacial score (nSPS) is 12.5. The molecule has 0 aliphatic heterocycles. The van der Waals surface area contributed by atoms with Crippen molar-refractivity contribution in [3.63, 3.8) is 0 Å². The minimum absolute atomic E-state index is 0.114. The highest BCUT2D eigenvalue weighted by atomic mass is 79.9. The van der Waals surface area contributed by atoms with Gasteiger partial charge in [0.05, 0.1) is 0 Å². The first kappa shape index (κ1) is 14.9. The van der Waals surface area contributed by atoms with Gasteiger partial charge in [0.2, 0.25) is 0 Å². The molecule has 4 heteroatoms. The minimum atomic E-state index is -0.114. The van der Waals surface area contributed by atoms with E-state index in [0.717, 1.165) is 31.2 Å². The van der Waals surface area contributed by atoms with E-state index >= 15 is 0 Å². The van der Waals surface area contributed by atoms with Gasteiger partial charge in [0.1, 0.15) is 0 Å². The second-order valence-corrected chi connectivity index (χ2v) is 6.23. The summed E-state index contributed by atoms with van der Waals surface area (Å²) < 4.78 is 0.966. The van der Waals surface area contributed by atoms with Crippen LogP contribution in [0, 0.1) is 6.92 Å².